The van der Waals surface area contributed by atoms with E-state index in [2.05, 4.69) is 10.6 Å². The average Bonchev–Trinajstić information content (AvgIpc) is 2.89. The van der Waals surface area contributed by atoms with Crippen molar-refractivity contribution >= 4 is 18.3 Å². The maximum absolute atomic E-state index is 11.7. The van der Waals surface area contributed by atoms with Crippen molar-refractivity contribution in [3.63, 3.8) is 0 Å². The van der Waals surface area contributed by atoms with Gasteiger partial charge in [-0.15, -0.1) is 12.4 Å². The summed E-state index contributed by atoms with van der Waals surface area (Å²) in [6.45, 7) is 1.96. The Bertz CT molecular complexity index is 249. The van der Waals surface area contributed by atoms with E-state index in [-0.39, 0.29) is 18.3 Å². The van der Waals surface area contributed by atoms with Crippen molar-refractivity contribution in [2.75, 3.05) is 13.1 Å². The summed E-state index contributed by atoms with van der Waals surface area (Å²) in [5, 5.41) is 6.44. The van der Waals surface area contributed by atoms with E-state index >= 15 is 0 Å². The zero-order valence-corrected chi connectivity index (χ0v) is 12.8. The van der Waals surface area contributed by atoms with Gasteiger partial charge in [-0.3, -0.25) is 4.79 Å². The summed E-state index contributed by atoms with van der Waals surface area (Å²) in [5.41, 5.74) is 0. The molecule has 1 aliphatic heterocycles. The van der Waals surface area contributed by atoms with E-state index in [4.69, 9.17) is 0 Å². The minimum absolute atomic E-state index is 0. The van der Waals surface area contributed by atoms with Crippen LogP contribution in [0.1, 0.15) is 64.2 Å². The summed E-state index contributed by atoms with van der Waals surface area (Å²) in [4.78, 5) is 11.7. The molecule has 19 heavy (non-hydrogen) atoms. The summed E-state index contributed by atoms with van der Waals surface area (Å²) in [7, 11) is 0. The van der Waals surface area contributed by atoms with Crippen molar-refractivity contribution in [2.24, 2.45) is 5.92 Å². The summed E-state index contributed by atoms with van der Waals surface area (Å²) in [6, 6.07) is 0.434. The number of nitrogens with one attached hydrogen (secondary N) is 2. The van der Waals surface area contributed by atoms with Crippen LogP contribution in [0.4, 0.5) is 0 Å². The lowest BCUT2D eigenvalue weighted by Crippen LogP contribution is -2.32. The summed E-state index contributed by atoms with van der Waals surface area (Å²) in [6.07, 6.45) is 12.6. The van der Waals surface area contributed by atoms with Crippen molar-refractivity contribution in [3.8, 4) is 0 Å². The molecule has 0 bridgehead atoms. The number of amides is 1. The zero-order chi connectivity index (χ0) is 12.6. The number of hydrogen-bond acceptors (Lipinski definition) is 2. The Morgan fingerprint density at radius 1 is 1.11 bits per heavy atom. The van der Waals surface area contributed by atoms with Gasteiger partial charge in [-0.25, -0.2) is 0 Å². The van der Waals surface area contributed by atoms with Gasteiger partial charge < -0.3 is 10.6 Å². The first-order valence-electron chi connectivity index (χ1n) is 7.84. The van der Waals surface area contributed by atoms with Crippen LogP contribution in [0.2, 0.25) is 0 Å². The first-order chi connectivity index (χ1) is 8.84. The van der Waals surface area contributed by atoms with Crippen molar-refractivity contribution in [1.82, 2.24) is 10.6 Å². The molecule has 2 rings (SSSR count). The topological polar surface area (TPSA) is 41.1 Å². The lowest BCUT2D eigenvalue weighted by molar-refractivity contribution is -0.121. The minimum atomic E-state index is 0. The fraction of sp³-hybridized carbons (Fsp3) is 0.933. The maximum Gasteiger partial charge on any atom is 0.221 e. The van der Waals surface area contributed by atoms with Crippen LogP contribution >= 0.6 is 12.4 Å². The van der Waals surface area contributed by atoms with Crippen molar-refractivity contribution < 1.29 is 4.79 Å². The van der Waals surface area contributed by atoms with Gasteiger partial charge in [-0.1, -0.05) is 32.1 Å². The smallest absolute Gasteiger partial charge is 0.221 e. The van der Waals surface area contributed by atoms with Gasteiger partial charge in [0.15, 0.2) is 0 Å². The highest BCUT2D eigenvalue weighted by atomic mass is 35.5. The van der Waals surface area contributed by atoms with Gasteiger partial charge in [0.2, 0.25) is 5.91 Å². The minimum Gasteiger partial charge on any atom is -0.356 e. The normalized spacial score (nSPS) is 23.9. The highest BCUT2D eigenvalue weighted by Crippen LogP contribution is 2.26. The van der Waals surface area contributed by atoms with Crippen LogP contribution in [0.25, 0.3) is 0 Å². The molecule has 1 saturated carbocycles. The van der Waals surface area contributed by atoms with Gasteiger partial charge in [0.05, 0.1) is 0 Å². The van der Waals surface area contributed by atoms with Gasteiger partial charge in [0.1, 0.15) is 0 Å². The van der Waals surface area contributed by atoms with E-state index in [1.165, 1.54) is 44.9 Å². The van der Waals surface area contributed by atoms with Crippen molar-refractivity contribution in [2.45, 2.75) is 70.3 Å². The molecular formula is C15H29ClN2O. The van der Waals surface area contributed by atoms with E-state index < -0.39 is 0 Å². The molecule has 1 unspecified atom stereocenters. The third-order valence-corrected chi connectivity index (χ3v) is 4.43. The quantitative estimate of drug-likeness (QED) is 0.738. The van der Waals surface area contributed by atoms with Crippen LogP contribution in [0.15, 0.2) is 0 Å². The molecule has 2 N–H and O–H groups in total. The molecule has 4 heteroatoms. The SMILES string of the molecule is Cl.O=C(CC1CCCN1)NCCCC1CCCCC1. The fourth-order valence-corrected chi connectivity index (χ4v) is 3.32. The predicted molar refractivity (Wildman–Crippen MR) is 81.7 cm³/mol. The first-order valence-corrected chi connectivity index (χ1v) is 7.84. The predicted octanol–water partition coefficient (Wildman–Crippen LogP) is 3.03. The van der Waals surface area contributed by atoms with Crippen LogP contribution in [0, 0.1) is 5.92 Å². The molecule has 3 nitrogen and oxygen atoms in total. The molecule has 0 spiro atoms. The second kappa shape index (κ2) is 9.60. The molecule has 1 amide bonds. The molecule has 0 aromatic rings. The van der Waals surface area contributed by atoms with Crippen LogP contribution in [0.3, 0.4) is 0 Å². The molecule has 1 aliphatic carbocycles. The van der Waals surface area contributed by atoms with Gasteiger partial charge in [-0.2, -0.15) is 0 Å². The molecule has 112 valence electrons. The van der Waals surface area contributed by atoms with Crippen LogP contribution in [0.5, 0.6) is 0 Å². The first kappa shape index (κ1) is 16.8. The Labute approximate surface area is 123 Å². The number of halogens is 1. The van der Waals surface area contributed by atoms with E-state index in [1.807, 2.05) is 0 Å². The van der Waals surface area contributed by atoms with Crippen molar-refractivity contribution in [3.05, 3.63) is 0 Å². The van der Waals surface area contributed by atoms with Crippen LogP contribution in [-0.4, -0.2) is 25.0 Å². The largest absolute Gasteiger partial charge is 0.356 e. The summed E-state index contributed by atoms with van der Waals surface area (Å²) >= 11 is 0. The Hall–Kier alpha value is -0.280. The van der Waals surface area contributed by atoms with E-state index in [0.29, 0.717) is 12.5 Å². The Kier molecular flexibility index (Phi) is 8.47. The lowest BCUT2D eigenvalue weighted by Gasteiger charge is -2.21. The molecule has 2 fully saturated rings. The molecule has 2 aliphatic rings. The van der Waals surface area contributed by atoms with E-state index in [9.17, 15) is 4.79 Å². The molecule has 1 atom stereocenters. The third kappa shape index (κ3) is 6.62. The highest BCUT2D eigenvalue weighted by Gasteiger charge is 2.17. The second-order valence-corrected chi connectivity index (χ2v) is 5.99. The molecule has 1 heterocycles. The Balaban J connectivity index is 0.00000180. The van der Waals surface area contributed by atoms with Gasteiger partial charge in [0.25, 0.3) is 0 Å². The molecule has 0 aromatic carbocycles. The number of hydrogen-bond donors (Lipinski definition) is 2. The average molecular weight is 289 g/mol. The van der Waals surface area contributed by atoms with Crippen molar-refractivity contribution in [1.29, 1.82) is 0 Å². The van der Waals surface area contributed by atoms with Crippen LogP contribution < -0.4 is 10.6 Å². The van der Waals surface area contributed by atoms with Gasteiger partial charge in [0, 0.05) is 19.0 Å². The molecular weight excluding hydrogens is 260 g/mol. The fourth-order valence-electron chi connectivity index (χ4n) is 3.32. The van der Waals surface area contributed by atoms with Crippen LogP contribution in [-0.2, 0) is 4.79 Å². The summed E-state index contributed by atoms with van der Waals surface area (Å²) < 4.78 is 0. The third-order valence-electron chi connectivity index (χ3n) is 4.43. The maximum atomic E-state index is 11.7. The monoisotopic (exact) mass is 288 g/mol. The Morgan fingerprint density at radius 3 is 2.58 bits per heavy atom. The highest BCUT2D eigenvalue weighted by molar-refractivity contribution is 5.85. The zero-order valence-electron chi connectivity index (χ0n) is 12.0. The second-order valence-electron chi connectivity index (χ2n) is 5.99. The standard InChI is InChI=1S/C15H28N2O.ClH/c18-15(12-14-9-5-10-16-14)17-11-4-8-13-6-2-1-3-7-13;/h13-14,16H,1-12H2,(H,17,18);1H. The van der Waals surface area contributed by atoms with Gasteiger partial charge in [-0.05, 0) is 38.1 Å². The number of rotatable bonds is 6. The van der Waals surface area contributed by atoms with E-state index in [0.717, 1.165) is 31.8 Å². The summed E-state index contributed by atoms with van der Waals surface area (Å²) in [5.74, 6) is 1.17. The molecule has 0 aromatic heterocycles. The number of carbonyl (C=O) groups excluding carboxylic acids is 1. The molecule has 1 saturated heterocycles. The van der Waals surface area contributed by atoms with E-state index in [1.54, 1.807) is 0 Å². The Morgan fingerprint density at radius 2 is 1.89 bits per heavy atom. The molecule has 0 radical (unpaired) electrons. The lowest BCUT2D eigenvalue weighted by atomic mass is 9.86. The van der Waals surface area contributed by atoms with Gasteiger partial charge >= 0.3 is 0 Å². The number of carbonyl (C=O) groups is 1.